The molecule has 0 aliphatic carbocycles. The fourth-order valence-electron chi connectivity index (χ4n) is 1.37. The average molecular weight is 204 g/mol. The van der Waals surface area contributed by atoms with Crippen molar-refractivity contribution in [2.75, 3.05) is 44.2 Å². The average Bonchev–Trinajstić information content (AvgIpc) is 2.14. The van der Waals surface area contributed by atoms with Crippen LogP contribution in [0.2, 0.25) is 0 Å². The molecule has 1 aliphatic heterocycles. The molecule has 0 radical (unpaired) electrons. The van der Waals surface area contributed by atoms with Crippen LogP contribution in [0.1, 0.15) is 6.92 Å². The third-order valence-electron chi connectivity index (χ3n) is 2.15. The van der Waals surface area contributed by atoms with E-state index < -0.39 is 0 Å². The largest absolute Gasteiger partial charge is 0.392 e. The van der Waals surface area contributed by atoms with Crippen LogP contribution in [0, 0.1) is 0 Å². The van der Waals surface area contributed by atoms with E-state index in [1.165, 1.54) is 24.6 Å². The molecular weight excluding hydrogens is 184 g/mol. The normalized spacial score (nSPS) is 21.7. The first kappa shape index (κ1) is 11.3. The number of nitrogens with one attached hydrogen (secondary N) is 1. The molecule has 0 spiro atoms. The van der Waals surface area contributed by atoms with Crippen molar-refractivity contribution in [2.24, 2.45) is 0 Å². The zero-order valence-electron chi connectivity index (χ0n) is 8.33. The summed E-state index contributed by atoms with van der Waals surface area (Å²) in [6, 6.07) is 0. The quantitative estimate of drug-likeness (QED) is 0.618. The summed E-state index contributed by atoms with van der Waals surface area (Å²) in [4.78, 5) is 2.48. The highest BCUT2D eigenvalue weighted by atomic mass is 32.2. The van der Waals surface area contributed by atoms with E-state index in [0.717, 1.165) is 13.1 Å². The second-order valence-electron chi connectivity index (χ2n) is 3.51. The number of rotatable bonds is 5. The van der Waals surface area contributed by atoms with E-state index in [1.807, 2.05) is 18.7 Å². The molecule has 2 N–H and O–H groups in total. The zero-order chi connectivity index (χ0) is 9.52. The van der Waals surface area contributed by atoms with Crippen LogP contribution in [0.3, 0.4) is 0 Å². The molecule has 78 valence electrons. The van der Waals surface area contributed by atoms with Gasteiger partial charge in [0.25, 0.3) is 0 Å². The van der Waals surface area contributed by atoms with E-state index in [9.17, 15) is 0 Å². The Bertz CT molecular complexity index is 127. The molecule has 1 fully saturated rings. The molecule has 4 heteroatoms. The molecule has 0 saturated carbocycles. The number of nitrogens with zero attached hydrogens (tertiary/aromatic N) is 1. The molecule has 1 aliphatic rings. The molecule has 1 rings (SSSR count). The first-order valence-corrected chi connectivity index (χ1v) is 6.13. The fraction of sp³-hybridized carbons (Fsp3) is 1.00. The Hall–Kier alpha value is 0.230. The van der Waals surface area contributed by atoms with Gasteiger partial charge in [-0.3, -0.25) is 0 Å². The van der Waals surface area contributed by atoms with Gasteiger partial charge in [0.05, 0.1) is 6.10 Å². The Morgan fingerprint density at radius 3 is 2.77 bits per heavy atom. The van der Waals surface area contributed by atoms with Crippen LogP contribution in [0.15, 0.2) is 0 Å². The van der Waals surface area contributed by atoms with Gasteiger partial charge in [-0.05, 0) is 6.92 Å². The third kappa shape index (κ3) is 5.52. The minimum absolute atomic E-state index is 0.225. The first-order chi connectivity index (χ1) is 6.29. The SMILES string of the molecule is C[C@@H](O)CNCCN1CCSCC1. The van der Waals surface area contributed by atoms with Gasteiger partial charge in [0.1, 0.15) is 0 Å². The maximum Gasteiger partial charge on any atom is 0.0636 e. The number of hydrogen-bond donors (Lipinski definition) is 2. The van der Waals surface area contributed by atoms with Gasteiger partial charge in [-0.15, -0.1) is 0 Å². The maximum atomic E-state index is 9.01. The van der Waals surface area contributed by atoms with Crippen molar-refractivity contribution in [3.05, 3.63) is 0 Å². The molecule has 1 atom stereocenters. The van der Waals surface area contributed by atoms with E-state index >= 15 is 0 Å². The molecule has 1 heterocycles. The maximum absolute atomic E-state index is 9.01. The molecule has 13 heavy (non-hydrogen) atoms. The van der Waals surface area contributed by atoms with Crippen LogP contribution in [0.5, 0.6) is 0 Å². The molecular formula is C9H20N2OS. The number of thioether (sulfide) groups is 1. The van der Waals surface area contributed by atoms with E-state index in [0.29, 0.717) is 6.54 Å². The van der Waals surface area contributed by atoms with E-state index in [1.54, 1.807) is 0 Å². The van der Waals surface area contributed by atoms with Crippen molar-refractivity contribution in [1.82, 2.24) is 10.2 Å². The lowest BCUT2D eigenvalue weighted by molar-refractivity contribution is 0.188. The molecule has 0 aromatic carbocycles. The van der Waals surface area contributed by atoms with Gasteiger partial charge in [-0.25, -0.2) is 0 Å². The molecule has 3 nitrogen and oxygen atoms in total. The lowest BCUT2D eigenvalue weighted by Crippen LogP contribution is -2.39. The molecule has 0 aromatic heterocycles. The lowest BCUT2D eigenvalue weighted by atomic mass is 10.4. The third-order valence-corrected chi connectivity index (χ3v) is 3.09. The van der Waals surface area contributed by atoms with Gasteiger partial charge in [0.15, 0.2) is 0 Å². The predicted molar refractivity (Wildman–Crippen MR) is 58.3 cm³/mol. The summed E-state index contributed by atoms with van der Waals surface area (Å²) >= 11 is 2.04. The standard InChI is InChI=1S/C9H20N2OS/c1-9(12)8-10-2-3-11-4-6-13-7-5-11/h9-10,12H,2-8H2,1H3/t9-/m1/s1. The predicted octanol–water partition coefficient (Wildman–Crippen LogP) is 0.00560. The van der Waals surface area contributed by atoms with Gasteiger partial charge < -0.3 is 15.3 Å². The Labute approximate surface area is 84.9 Å². The first-order valence-electron chi connectivity index (χ1n) is 4.98. The summed E-state index contributed by atoms with van der Waals surface area (Å²) in [7, 11) is 0. The van der Waals surface area contributed by atoms with Crippen LogP contribution in [0.4, 0.5) is 0 Å². The molecule has 0 amide bonds. The van der Waals surface area contributed by atoms with E-state index in [4.69, 9.17) is 5.11 Å². The van der Waals surface area contributed by atoms with Crippen LogP contribution in [-0.2, 0) is 0 Å². The summed E-state index contributed by atoms with van der Waals surface area (Å²) in [5.41, 5.74) is 0. The topological polar surface area (TPSA) is 35.5 Å². The minimum atomic E-state index is -0.225. The highest BCUT2D eigenvalue weighted by Crippen LogP contribution is 2.07. The van der Waals surface area contributed by atoms with E-state index in [2.05, 4.69) is 10.2 Å². The molecule has 0 aromatic rings. The van der Waals surface area contributed by atoms with Gasteiger partial charge >= 0.3 is 0 Å². The zero-order valence-corrected chi connectivity index (χ0v) is 9.15. The fourth-order valence-corrected chi connectivity index (χ4v) is 2.35. The van der Waals surface area contributed by atoms with Gasteiger partial charge in [-0.2, -0.15) is 11.8 Å². The molecule has 0 bridgehead atoms. The summed E-state index contributed by atoms with van der Waals surface area (Å²) < 4.78 is 0. The van der Waals surface area contributed by atoms with Gasteiger partial charge in [-0.1, -0.05) is 0 Å². The highest BCUT2D eigenvalue weighted by Gasteiger charge is 2.08. The number of aliphatic hydroxyl groups is 1. The van der Waals surface area contributed by atoms with Crippen molar-refractivity contribution < 1.29 is 5.11 Å². The van der Waals surface area contributed by atoms with Crippen molar-refractivity contribution in [1.29, 1.82) is 0 Å². The van der Waals surface area contributed by atoms with Gasteiger partial charge in [0.2, 0.25) is 0 Å². The molecule has 1 saturated heterocycles. The van der Waals surface area contributed by atoms with Crippen LogP contribution >= 0.6 is 11.8 Å². The van der Waals surface area contributed by atoms with Crippen LogP contribution in [0.25, 0.3) is 0 Å². The second-order valence-corrected chi connectivity index (χ2v) is 4.73. The Morgan fingerprint density at radius 1 is 1.46 bits per heavy atom. The van der Waals surface area contributed by atoms with Crippen molar-refractivity contribution in [3.8, 4) is 0 Å². The van der Waals surface area contributed by atoms with Crippen LogP contribution in [-0.4, -0.2) is 60.3 Å². The van der Waals surface area contributed by atoms with Crippen molar-refractivity contribution in [2.45, 2.75) is 13.0 Å². The highest BCUT2D eigenvalue weighted by molar-refractivity contribution is 7.99. The second kappa shape index (κ2) is 6.65. The summed E-state index contributed by atoms with van der Waals surface area (Å²) in [5.74, 6) is 2.55. The lowest BCUT2D eigenvalue weighted by Gasteiger charge is -2.26. The van der Waals surface area contributed by atoms with Crippen molar-refractivity contribution in [3.63, 3.8) is 0 Å². The van der Waals surface area contributed by atoms with Crippen molar-refractivity contribution >= 4 is 11.8 Å². The monoisotopic (exact) mass is 204 g/mol. The minimum Gasteiger partial charge on any atom is -0.392 e. The van der Waals surface area contributed by atoms with E-state index in [-0.39, 0.29) is 6.10 Å². The summed E-state index contributed by atoms with van der Waals surface area (Å²) in [6.07, 6.45) is -0.225. The summed E-state index contributed by atoms with van der Waals surface area (Å²) in [5, 5.41) is 12.2. The number of aliphatic hydroxyl groups excluding tert-OH is 1. The summed E-state index contributed by atoms with van der Waals surface area (Å²) in [6.45, 7) is 7.08. The van der Waals surface area contributed by atoms with Crippen LogP contribution < -0.4 is 5.32 Å². The Kier molecular flexibility index (Phi) is 5.78. The van der Waals surface area contributed by atoms with Gasteiger partial charge in [0, 0.05) is 44.2 Å². The Morgan fingerprint density at radius 2 is 2.15 bits per heavy atom. The molecule has 0 unspecified atom stereocenters. The smallest absolute Gasteiger partial charge is 0.0636 e. The Balaban J connectivity index is 1.92. The number of hydrogen-bond acceptors (Lipinski definition) is 4.